The molecule has 1 aromatic rings. The van der Waals surface area contributed by atoms with Crippen LogP contribution in [0.2, 0.25) is 0 Å². The minimum absolute atomic E-state index is 0.140. The predicted octanol–water partition coefficient (Wildman–Crippen LogP) is 1.84. The van der Waals surface area contributed by atoms with Gasteiger partial charge in [0, 0.05) is 5.69 Å². The molecule has 17 heavy (non-hydrogen) atoms. The van der Waals surface area contributed by atoms with Crippen LogP contribution in [0.3, 0.4) is 0 Å². The van der Waals surface area contributed by atoms with Crippen molar-refractivity contribution in [1.29, 1.82) is 0 Å². The second-order valence-electron chi connectivity index (χ2n) is 4.03. The smallest absolute Gasteiger partial charge is 0.378 e. The van der Waals surface area contributed by atoms with Crippen molar-refractivity contribution in [1.82, 2.24) is 0 Å². The molecule has 3 N–H and O–H groups in total. The van der Waals surface area contributed by atoms with E-state index in [2.05, 4.69) is 5.32 Å². The Bertz CT molecular complexity index is 395. The highest BCUT2D eigenvalue weighted by molar-refractivity contribution is 5.47. The minimum Gasteiger partial charge on any atom is -0.378 e. The molecule has 0 bridgehead atoms. The van der Waals surface area contributed by atoms with Gasteiger partial charge in [0.1, 0.15) is 0 Å². The van der Waals surface area contributed by atoms with Crippen LogP contribution in [-0.2, 0) is 10.9 Å². The lowest BCUT2D eigenvalue weighted by Crippen LogP contribution is -2.38. The van der Waals surface area contributed by atoms with Gasteiger partial charge in [0.05, 0.1) is 30.9 Å². The Morgan fingerprint density at radius 1 is 1.29 bits per heavy atom. The molecule has 1 aliphatic heterocycles. The third-order valence-electron chi connectivity index (χ3n) is 2.67. The quantitative estimate of drug-likeness (QED) is 0.837. The summed E-state index contributed by atoms with van der Waals surface area (Å²) in [7, 11) is 0. The molecule has 0 aliphatic carbocycles. The average Bonchev–Trinajstić information content (AvgIpc) is 2.64. The largest absolute Gasteiger partial charge is 0.416 e. The molecule has 0 aromatic heterocycles. The molecular weight excluding hydrogens is 233 g/mol. The van der Waals surface area contributed by atoms with Crippen LogP contribution in [0.15, 0.2) is 24.3 Å². The SMILES string of the molecule is N[C@@H]1COC[C@@H]1Nc1cccc(C(F)(F)F)c1. The Hall–Kier alpha value is -1.27. The number of benzene rings is 1. The summed E-state index contributed by atoms with van der Waals surface area (Å²) in [6.07, 6.45) is -4.33. The van der Waals surface area contributed by atoms with Gasteiger partial charge in [-0.2, -0.15) is 13.2 Å². The van der Waals surface area contributed by atoms with Crippen molar-refractivity contribution >= 4 is 5.69 Å². The number of ether oxygens (including phenoxy) is 1. The number of anilines is 1. The average molecular weight is 246 g/mol. The Labute approximate surface area is 96.8 Å². The molecule has 0 spiro atoms. The maximum atomic E-state index is 12.5. The van der Waals surface area contributed by atoms with E-state index in [4.69, 9.17) is 10.5 Å². The van der Waals surface area contributed by atoms with Crippen molar-refractivity contribution in [3.8, 4) is 0 Å². The van der Waals surface area contributed by atoms with E-state index in [1.165, 1.54) is 6.07 Å². The minimum atomic E-state index is -4.33. The molecule has 0 amide bonds. The Kier molecular flexibility index (Phi) is 3.26. The number of hydrogen-bond donors (Lipinski definition) is 2. The van der Waals surface area contributed by atoms with Gasteiger partial charge in [0.25, 0.3) is 0 Å². The molecule has 0 radical (unpaired) electrons. The van der Waals surface area contributed by atoms with Crippen LogP contribution in [-0.4, -0.2) is 25.3 Å². The second kappa shape index (κ2) is 4.54. The lowest BCUT2D eigenvalue weighted by molar-refractivity contribution is -0.137. The molecule has 2 atom stereocenters. The fourth-order valence-corrected chi connectivity index (χ4v) is 1.72. The maximum absolute atomic E-state index is 12.5. The standard InChI is InChI=1S/C11H13F3N2O/c12-11(13,14)7-2-1-3-8(4-7)16-10-6-17-5-9(10)15/h1-4,9-10,16H,5-6,15H2/t9-,10+/m1/s1. The molecule has 1 heterocycles. The van der Waals surface area contributed by atoms with Gasteiger partial charge in [-0.05, 0) is 18.2 Å². The number of nitrogens with two attached hydrogens (primary N) is 1. The summed E-state index contributed by atoms with van der Waals surface area (Å²) in [6.45, 7) is 0.841. The molecule has 2 rings (SSSR count). The van der Waals surface area contributed by atoms with Crippen LogP contribution < -0.4 is 11.1 Å². The topological polar surface area (TPSA) is 47.3 Å². The molecule has 0 unspecified atom stereocenters. The third-order valence-corrected chi connectivity index (χ3v) is 2.67. The van der Waals surface area contributed by atoms with E-state index < -0.39 is 11.7 Å². The summed E-state index contributed by atoms with van der Waals surface area (Å²) in [5, 5.41) is 2.95. The highest BCUT2D eigenvalue weighted by atomic mass is 19.4. The van der Waals surface area contributed by atoms with E-state index in [1.54, 1.807) is 6.07 Å². The van der Waals surface area contributed by atoms with Crippen LogP contribution in [0, 0.1) is 0 Å². The monoisotopic (exact) mass is 246 g/mol. The van der Waals surface area contributed by atoms with Crippen molar-refractivity contribution in [2.75, 3.05) is 18.5 Å². The molecule has 3 nitrogen and oxygen atoms in total. The lowest BCUT2D eigenvalue weighted by Gasteiger charge is -2.17. The molecule has 94 valence electrons. The first-order chi connectivity index (χ1) is 7.97. The van der Waals surface area contributed by atoms with Crippen molar-refractivity contribution in [2.45, 2.75) is 18.3 Å². The van der Waals surface area contributed by atoms with Crippen molar-refractivity contribution < 1.29 is 17.9 Å². The first-order valence-corrected chi connectivity index (χ1v) is 5.24. The summed E-state index contributed by atoms with van der Waals surface area (Å²) < 4.78 is 42.6. The summed E-state index contributed by atoms with van der Waals surface area (Å²) in [4.78, 5) is 0. The van der Waals surface area contributed by atoms with Gasteiger partial charge < -0.3 is 15.8 Å². The van der Waals surface area contributed by atoms with Crippen LogP contribution in [0.4, 0.5) is 18.9 Å². The highest BCUT2D eigenvalue weighted by Gasteiger charge is 2.31. The molecule has 0 saturated carbocycles. The first-order valence-electron chi connectivity index (χ1n) is 5.24. The highest BCUT2D eigenvalue weighted by Crippen LogP contribution is 2.30. The van der Waals surface area contributed by atoms with Crippen molar-refractivity contribution in [3.05, 3.63) is 29.8 Å². The first kappa shape index (κ1) is 12.2. The second-order valence-corrected chi connectivity index (χ2v) is 4.03. The van der Waals surface area contributed by atoms with E-state index in [0.717, 1.165) is 12.1 Å². The fourth-order valence-electron chi connectivity index (χ4n) is 1.72. The van der Waals surface area contributed by atoms with E-state index in [0.29, 0.717) is 18.9 Å². The van der Waals surface area contributed by atoms with E-state index in [9.17, 15) is 13.2 Å². The van der Waals surface area contributed by atoms with Gasteiger partial charge in [0.15, 0.2) is 0 Å². The Balaban J connectivity index is 2.11. The Morgan fingerprint density at radius 2 is 2.06 bits per heavy atom. The zero-order chi connectivity index (χ0) is 12.5. The lowest BCUT2D eigenvalue weighted by atomic mass is 10.1. The summed E-state index contributed by atoms with van der Waals surface area (Å²) in [6, 6.07) is 4.73. The van der Waals surface area contributed by atoms with Crippen LogP contribution in [0.1, 0.15) is 5.56 Å². The molecule has 6 heteroatoms. The predicted molar refractivity (Wildman–Crippen MR) is 57.6 cm³/mol. The van der Waals surface area contributed by atoms with Gasteiger partial charge >= 0.3 is 6.18 Å². The number of alkyl halides is 3. The van der Waals surface area contributed by atoms with Crippen LogP contribution >= 0.6 is 0 Å². The molecule has 1 aromatic carbocycles. The maximum Gasteiger partial charge on any atom is 0.416 e. The molecule has 1 aliphatic rings. The molecule has 1 saturated heterocycles. The molecular formula is C11H13F3N2O. The summed E-state index contributed by atoms with van der Waals surface area (Å²) in [5.41, 5.74) is 5.48. The van der Waals surface area contributed by atoms with Crippen LogP contribution in [0.25, 0.3) is 0 Å². The fraction of sp³-hybridized carbons (Fsp3) is 0.455. The number of hydrogen-bond acceptors (Lipinski definition) is 3. The number of halogens is 3. The van der Waals surface area contributed by atoms with Gasteiger partial charge in [-0.25, -0.2) is 0 Å². The number of nitrogens with one attached hydrogen (secondary N) is 1. The van der Waals surface area contributed by atoms with Crippen molar-refractivity contribution in [2.24, 2.45) is 5.73 Å². The van der Waals surface area contributed by atoms with Gasteiger partial charge in [0.2, 0.25) is 0 Å². The van der Waals surface area contributed by atoms with E-state index >= 15 is 0 Å². The third kappa shape index (κ3) is 2.89. The summed E-state index contributed by atoms with van der Waals surface area (Å²) in [5.74, 6) is 0. The summed E-state index contributed by atoms with van der Waals surface area (Å²) >= 11 is 0. The van der Waals surface area contributed by atoms with E-state index in [-0.39, 0.29) is 12.1 Å². The normalized spacial score (nSPS) is 24.9. The van der Waals surface area contributed by atoms with Crippen LogP contribution in [0.5, 0.6) is 0 Å². The zero-order valence-corrected chi connectivity index (χ0v) is 9.00. The molecule has 1 fully saturated rings. The van der Waals surface area contributed by atoms with Gasteiger partial charge in [-0.15, -0.1) is 0 Å². The van der Waals surface area contributed by atoms with Crippen molar-refractivity contribution in [3.63, 3.8) is 0 Å². The van der Waals surface area contributed by atoms with Gasteiger partial charge in [-0.3, -0.25) is 0 Å². The Morgan fingerprint density at radius 3 is 2.65 bits per heavy atom. The zero-order valence-electron chi connectivity index (χ0n) is 9.00. The number of rotatable bonds is 2. The van der Waals surface area contributed by atoms with E-state index in [1.807, 2.05) is 0 Å². The van der Waals surface area contributed by atoms with Gasteiger partial charge in [-0.1, -0.05) is 6.07 Å².